The minimum atomic E-state index is -0.433. The van der Waals surface area contributed by atoms with E-state index in [9.17, 15) is 9.59 Å². The van der Waals surface area contributed by atoms with Crippen LogP contribution in [0.2, 0.25) is 0 Å². The smallest absolute Gasteiger partial charge is 0.174 e. The Morgan fingerprint density at radius 2 is 1.62 bits per heavy atom. The lowest BCUT2D eigenvalue weighted by atomic mass is 9.86. The second-order valence-electron chi connectivity index (χ2n) is 4.52. The van der Waals surface area contributed by atoms with E-state index >= 15 is 0 Å². The van der Waals surface area contributed by atoms with Gasteiger partial charge in [-0.3, -0.25) is 9.59 Å². The molecule has 16 heavy (non-hydrogen) atoms. The molecule has 1 aromatic rings. The van der Waals surface area contributed by atoms with Crippen molar-refractivity contribution in [2.75, 3.05) is 0 Å². The van der Waals surface area contributed by atoms with Crippen LogP contribution in [0.3, 0.4) is 0 Å². The predicted octanol–water partition coefficient (Wildman–Crippen LogP) is 3.12. The van der Waals surface area contributed by atoms with E-state index in [1.54, 1.807) is 12.1 Å². The van der Waals surface area contributed by atoms with Crippen LogP contribution < -0.4 is 0 Å². The molecule has 0 fully saturated rings. The Bertz CT molecular complexity index is 399. The molecule has 0 heterocycles. The molecule has 0 N–H and O–H groups in total. The van der Waals surface area contributed by atoms with Crippen molar-refractivity contribution in [1.82, 2.24) is 0 Å². The monoisotopic (exact) mass is 216 g/mol. The summed E-state index contributed by atoms with van der Waals surface area (Å²) in [5, 5.41) is 0. The lowest BCUT2D eigenvalue weighted by Crippen LogP contribution is -2.23. The Kier molecular flexibility index (Phi) is 2.90. The first-order valence-corrected chi connectivity index (χ1v) is 5.84. The van der Waals surface area contributed by atoms with Crippen molar-refractivity contribution in [2.24, 2.45) is 11.8 Å². The number of fused-ring (bicyclic) bond motifs is 1. The van der Waals surface area contributed by atoms with Crippen LogP contribution in [0.1, 0.15) is 47.4 Å². The van der Waals surface area contributed by atoms with E-state index in [1.807, 2.05) is 19.1 Å². The van der Waals surface area contributed by atoms with Gasteiger partial charge in [0.2, 0.25) is 0 Å². The number of Topliss-reactive ketones (excluding diaryl/α,β-unsaturated/α-hetero) is 2. The van der Waals surface area contributed by atoms with Crippen LogP contribution >= 0.6 is 0 Å². The summed E-state index contributed by atoms with van der Waals surface area (Å²) in [6.45, 7) is 4.07. The fourth-order valence-corrected chi connectivity index (χ4v) is 2.51. The third-order valence-corrected chi connectivity index (χ3v) is 3.34. The van der Waals surface area contributed by atoms with Crippen LogP contribution in [0, 0.1) is 11.8 Å². The van der Waals surface area contributed by atoms with Crippen LogP contribution in [0.15, 0.2) is 24.3 Å². The van der Waals surface area contributed by atoms with Gasteiger partial charge >= 0.3 is 0 Å². The number of carbonyl (C=O) groups excluding carboxylic acids is 2. The van der Waals surface area contributed by atoms with E-state index in [0.717, 1.165) is 12.8 Å². The van der Waals surface area contributed by atoms with E-state index in [-0.39, 0.29) is 17.5 Å². The minimum absolute atomic E-state index is 0.0153. The summed E-state index contributed by atoms with van der Waals surface area (Å²) < 4.78 is 0. The molecule has 0 saturated heterocycles. The molecule has 0 saturated carbocycles. The second kappa shape index (κ2) is 4.20. The topological polar surface area (TPSA) is 34.1 Å². The lowest BCUT2D eigenvalue weighted by molar-refractivity contribution is 0.0787. The van der Waals surface area contributed by atoms with Gasteiger partial charge < -0.3 is 0 Å². The maximum Gasteiger partial charge on any atom is 0.174 e. The van der Waals surface area contributed by atoms with Crippen molar-refractivity contribution in [3.8, 4) is 0 Å². The minimum Gasteiger partial charge on any atom is -0.293 e. The van der Waals surface area contributed by atoms with Crippen molar-refractivity contribution in [3.63, 3.8) is 0 Å². The van der Waals surface area contributed by atoms with Gasteiger partial charge in [0.15, 0.2) is 11.6 Å². The molecule has 1 aliphatic rings. The average molecular weight is 216 g/mol. The van der Waals surface area contributed by atoms with Gasteiger partial charge in [0.1, 0.15) is 0 Å². The van der Waals surface area contributed by atoms with Crippen molar-refractivity contribution >= 4 is 11.6 Å². The Balaban J connectivity index is 2.35. The second-order valence-corrected chi connectivity index (χ2v) is 4.52. The highest BCUT2D eigenvalue weighted by Gasteiger charge is 2.40. The van der Waals surface area contributed by atoms with Gasteiger partial charge in [0.05, 0.1) is 5.92 Å². The molecule has 2 rings (SSSR count). The maximum atomic E-state index is 12.1. The van der Waals surface area contributed by atoms with E-state index in [0.29, 0.717) is 11.1 Å². The molecule has 0 radical (unpaired) electrons. The molecule has 0 amide bonds. The Hall–Kier alpha value is -1.44. The highest BCUT2D eigenvalue weighted by atomic mass is 16.2. The number of ketones is 2. The van der Waals surface area contributed by atoms with Crippen LogP contribution in [0.25, 0.3) is 0 Å². The number of benzene rings is 1. The number of carbonyl (C=O) groups is 2. The van der Waals surface area contributed by atoms with E-state index in [2.05, 4.69) is 6.92 Å². The van der Waals surface area contributed by atoms with Crippen LogP contribution in [-0.2, 0) is 0 Å². The molecule has 0 bridgehead atoms. The zero-order valence-electron chi connectivity index (χ0n) is 9.69. The zero-order valence-corrected chi connectivity index (χ0v) is 9.69. The van der Waals surface area contributed by atoms with Gasteiger partial charge in [-0.1, -0.05) is 44.5 Å². The molecular formula is C14H16O2. The fourth-order valence-electron chi connectivity index (χ4n) is 2.51. The summed E-state index contributed by atoms with van der Waals surface area (Å²) in [6.07, 6.45) is 1.94. The molecule has 84 valence electrons. The first kappa shape index (κ1) is 11.1. The molecule has 0 spiro atoms. The maximum absolute atomic E-state index is 12.1. The van der Waals surface area contributed by atoms with Gasteiger partial charge in [0, 0.05) is 11.1 Å². The quantitative estimate of drug-likeness (QED) is 0.727. The molecule has 1 aromatic carbocycles. The number of rotatable bonds is 3. The highest BCUT2D eigenvalue weighted by molar-refractivity contribution is 6.26. The molecule has 0 aromatic heterocycles. The fraction of sp³-hybridized carbons (Fsp3) is 0.429. The first-order chi connectivity index (χ1) is 7.66. The predicted molar refractivity (Wildman–Crippen MR) is 62.7 cm³/mol. The summed E-state index contributed by atoms with van der Waals surface area (Å²) >= 11 is 0. The van der Waals surface area contributed by atoms with Crippen molar-refractivity contribution in [1.29, 1.82) is 0 Å². The first-order valence-electron chi connectivity index (χ1n) is 5.84. The van der Waals surface area contributed by atoms with Crippen LogP contribution in [0.4, 0.5) is 0 Å². The van der Waals surface area contributed by atoms with E-state index in [4.69, 9.17) is 0 Å². The van der Waals surface area contributed by atoms with Gasteiger partial charge in [-0.25, -0.2) is 0 Å². The molecule has 2 heteroatoms. The molecule has 1 aliphatic carbocycles. The number of hydrogen-bond acceptors (Lipinski definition) is 2. The largest absolute Gasteiger partial charge is 0.293 e. The third kappa shape index (κ3) is 1.58. The lowest BCUT2D eigenvalue weighted by Gasteiger charge is -2.15. The molecule has 0 aliphatic heterocycles. The van der Waals surface area contributed by atoms with Gasteiger partial charge in [-0.15, -0.1) is 0 Å². The third-order valence-electron chi connectivity index (χ3n) is 3.34. The molecular weight excluding hydrogens is 200 g/mol. The van der Waals surface area contributed by atoms with Crippen molar-refractivity contribution < 1.29 is 9.59 Å². The van der Waals surface area contributed by atoms with E-state index in [1.165, 1.54) is 0 Å². The number of hydrogen-bond donors (Lipinski definition) is 0. The highest BCUT2D eigenvalue weighted by Crippen LogP contribution is 2.33. The molecule has 1 atom stereocenters. The summed E-state index contributed by atoms with van der Waals surface area (Å²) in [6, 6.07) is 7.15. The van der Waals surface area contributed by atoms with Crippen LogP contribution in [-0.4, -0.2) is 11.6 Å². The Morgan fingerprint density at radius 1 is 1.12 bits per heavy atom. The van der Waals surface area contributed by atoms with Gasteiger partial charge in [-0.2, -0.15) is 0 Å². The Labute approximate surface area is 95.7 Å². The van der Waals surface area contributed by atoms with E-state index < -0.39 is 5.92 Å². The summed E-state index contributed by atoms with van der Waals surface area (Å²) in [7, 11) is 0. The summed E-state index contributed by atoms with van der Waals surface area (Å²) in [5.41, 5.74) is 1.22. The zero-order chi connectivity index (χ0) is 11.7. The van der Waals surface area contributed by atoms with Gasteiger partial charge in [-0.05, 0) is 12.3 Å². The molecule has 2 nitrogen and oxygen atoms in total. The Morgan fingerprint density at radius 3 is 2.06 bits per heavy atom. The summed E-state index contributed by atoms with van der Waals surface area (Å²) in [4.78, 5) is 24.2. The van der Waals surface area contributed by atoms with Crippen LogP contribution in [0.5, 0.6) is 0 Å². The standard InChI is InChI=1S/C14H16O2/c1-3-6-9(2)12-13(15)10-7-4-5-8-11(10)14(12)16/h4-5,7-9,12H,3,6H2,1-2H3. The van der Waals surface area contributed by atoms with Gasteiger partial charge in [0.25, 0.3) is 0 Å². The van der Waals surface area contributed by atoms with Crippen molar-refractivity contribution in [3.05, 3.63) is 35.4 Å². The van der Waals surface area contributed by atoms with Crippen molar-refractivity contribution in [2.45, 2.75) is 26.7 Å². The summed E-state index contributed by atoms with van der Waals surface area (Å²) in [5.74, 6) is -0.252. The SMILES string of the molecule is CCCC(C)C1C(=O)c2ccccc2C1=O. The average Bonchev–Trinajstić information content (AvgIpc) is 2.53. The molecule has 1 unspecified atom stereocenters. The normalized spacial score (nSPS) is 17.6.